The zero-order chi connectivity index (χ0) is 13.5. The molecular formula is C16H29NOS. The lowest BCUT2D eigenvalue weighted by Crippen LogP contribution is -2.56. The summed E-state index contributed by atoms with van der Waals surface area (Å²) in [5.41, 5.74) is 7.15. The number of rotatable bonds is 1. The summed E-state index contributed by atoms with van der Waals surface area (Å²) in [5.74, 6) is 4.81. The minimum atomic E-state index is 0.0932. The van der Waals surface area contributed by atoms with Crippen molar-refractivity contribution >= 4 is 11.8 Å². The zero-order valence-corrected chi connectivity index (χ0v) is 13.3. The molecule has 2 heterocycles. The topological polar surface area (TPSA) is 35.2 Å². The molecule has 3 fully saturated rings. The molecular weight excluding hydrogens is 254 g/mol. The maximum atomic E-state index is 6.88. The van der Waals surface area contributed by atoms with E-state index in [1.807, 2.05) is 0 Å². The van der Waals surface area contributed by atoms with Gasteiger partial charge in [0.05, 0.1) is 5.60 Å². The van der Waals surface area contributed by atoms with Crippen LogP contribution in [0.2, 0.25) is 0 Å². The van der Waals surface area contributed by atoms with E-state index in [0.29, 0.717) is 5.92 Å². The molecule has 0 aromatic rings. The molecule has 3 rings (SSSR count). The van der Waals surface area contributed by atoms with Crippen LogP contribution in [0.3, 0.4) is 0 Å². The lowest BCUT2D eigenvalue weighted by Gasteiger charge is -2.50. The minimum absolute atomic E-state index is 0.0932. The van der Waals surface area contributed by atoms with Crippen molar-refractivity contribution in [2.75, 3.05) is 18.1 Å². The fourth-order valence-corrected chi connectivity index (χ4v) is 5.81. The Labute approximate surface area is 122 Å². The van der Waals surface area contributed by atoms with E-state index in [2.05, 4.69) is 25.6 Å². The van der Waals surface area contributed by atoms with E-state index in [-0.39, 0.29) is 11.1 Å². The van der Waals surface area contributed by atoms with E-state index >= 15 is 0 Å². The number of nitrogens with two attached hydrogens (primary N) is 1. The molecule has 5 atom stereocenters. The molecule has 0 radical (unpaired) electrons. The fraction of sp³-hybridized carbons (Fsp3) is 1.00. The Morgan fingerprint density at radius 2 is 1.95 bits per heavy atom. The third-order valence-electron chi connectivity index (χ3n) is 6.11. The van der Waals surface area contributed by atoms with Crippen molar-refractivity contribution in [1.82, 2.24) is 0 Å². The Hall–Kier alpha value is 0.270. The molecule has 0 bridgehead atoms. The normalized spacial score (nSPS) is 51.6. The van der Waals surface area contributed by atoms with Crippen molar-refractivity contribution in [3.05, 3.63) is 0 Å². The van der Waals surface area contributed by atoms with Crippen LogP contribution in [0.5, 0.6) is 0 Å². The van der Waals surface area contributed by atoms with Crippen molar-refractivity contribution < 1.29 is 4.74 Å². The van der Waals surface area contributed by atoms with Crippen molar-refractivity contribution in [2.24, 2.45) is 23.5 Å². The Morgan fingerprint density at radius 3 is 2.63 bits per heavy atom. The van der Waals surface area contributed by atoms with Gasteiger partial charge in [-0.25, -0.2) is 0 Å². The summed E-state index contributed by atoms with van der Waals surface area (Å²) in [6.07, 6.45) is 7.42. The van der Waals surface area contributed by atoms with Crippen LogP contribution in [0.15, 0.2) is 0 Å². The Bertz CT molecular complexity index is 329. The van der Waals surface area contributed by atoms with Crippen LogP contribution in [-0.2, 0) is 4.74 Å². The molecule has 0 aromatic heterocycles. The molecule has 1 saturated carbocycles. The molecule has 2 N–H and O–H groups in total. The monoisotopic (exact) mass is 283 g/mol. The Kier molecular flexibility index (Phi) is 3.92. The largest absolute Gasteiger partial charge is 0.374 e. The lowest BCUT2D eigenvalue weighted by atomic mass is 9.63. The lowest BCUT2D eigenvalue weighted by molar-refractivity contribution is -0.0986. The smallest absolute Gasteiger partial charge is 0.0783 e. The first-order valence-corrected chi connectivity index (χ1v) is 9.19. The number of hydrogen-bond acceptors (Lipinski definition) is 3. The molecule has 2 aliphatic heterocycles. The molecule has 5 unspecified atom stereocenters. The first-order valence-electron chi connectivity index (χ1n) is 8.04. The maximum absolute atomic E-state index is 6.88. The highest BCUT2D eigenvalue weighted by molar-refractivity contribution is 7.99. The van der Waals surface area contributed by atoms with Gasteiger partial charge in [0.2, 0.25) is 0 Å². The highest BCUT2D eigenvalue weighted by Gasteiger charge is 2.48. The van der Waals surface area contributed by atoms with Gasteiger partial charge in [0.1, 0.15) is 0 Å². The molecule has 1 aliphatic carbocycles. The molecule has 0 amide bonds. The molecule has 19 heavy (non-hydrogen) atoms. The molecule has 2 saturated heterocycles. The average molecular weight is 283 g/mol. The number of ether oxygens (including phenoxy) is 1. The van der Waals surface area contributed by atoms with Crippen molar-refractivity contribution in [3.63, 3.8) is 0 Å². The summed E-state index contributed by atoms with van der Waals surface area (Å²) in [5, 5.41) is 0. The van der Waals surface area contributed by atoms with Gasteiger partial charge in [-0.05, 0) is 62.0 Å². The van der Waals surface area contributed by atoms with E-state index in [0.717, 1.165) is 18.4 Å². The molecule has 3 aliphatic rings. The molecule has 3 heteroatoms. The van der Waals surface area contributed by atoms with Crippen molar-refractivity contribution in [3.8, 4) is 0 Å². The highest BCUT2D eigenvalue weighted by atomic mass is 32.2. The summed E-state index contributed by atoms with van der Waals surface area (Å²) < 4.78 is 6.16. The van der Waals surface area contributed by atoms with Crippen molar-refractivity contribution in [2.45, 2.75) is 63.5 Å². The minimum Gasteiger partial charge on any atom is -0.374 e. The predicted octanol–water partition coefficient (Wildman–Crippen LogP) is 3.44. The first-order chi connectivity index (χ1) is 9.03. The third-order valence-corrected chi connectivity index (χ3v) is 7.33. The summed E-state index contributed by atoms with van der Waals surface area (Å²) in [6, 6.07) is 0. The van der Waals surface area contributed by atoms with Crippen molar-refractivity contribution in [1.29, 1.82) is 0 Å². The van der Waals surface area contributed by atoms with Crippen LogP contribution >= 0.6 is 11.8 Å². The highest BCUT2D eigenvalue weighted by Crippen LogP contribution is 2.47. The average Bonchev–Trinajstić information content (AvgIpc) is 2.83. The molecule has 110 valence electrons. The van der Waals surface area contributed by atoms with Gasteiger partial charge in [0.25, 0.3) is 0 Å². The van der Waals surface area contributed by atoms with Crippen LogP contribution in [0, 0.1) is 17.8 Å². The first kappa shape index (κ1) is 14.2. The van der Waals surface area contributed by atoms with Crippen LogP contribution in [0.25, 0.3) is 0 Å². The summed E-state index contributed by atoms with van der Waals surface area (Å²) >= 11 is 2.06. The number of thioether (sulfide) groups is 1. The van der Waals surface area contributed by atoms with E-state index in [9.17, 15) is 0 Å². The van der Waals surface area contributed by atoms with Crippen LogP contribution in [0.1, 0.15) is 52.4 Å². The Balaban J connectivity index is 1.70. The molecule has 2 nitrogen and oxygen atoms in total. The number of hydrogen-bond donors (Lipinski definition) is 1. The summed E-state index contributed by atoms with van der Waals surface area (Å²) in [7, 11) is 0. The van der Waals surface area contributed by atoms with Crippen LogP contribution in [0.4, 0.5) is 0 Å². The van der Waals surface area contributed by atoms with Gasteiger partial charge in [-0.1, -0.05) is 13.8 Å². The van der Waals surface area contributed by atoms with Gasteiger partial charge in [-0.3, -0.25) is 0 Å². The van der Waals surface area contributed by atoms with E-state index in [1.54, 1.807) is 0 Å². The Morgan fingerprint density at radius 1 is 1.11 bits per heavy atom. The van der Waals surface area contributed by atoms with Gasteiger partial charge >= 0.3 is 0 Å². The van der Waals surface area contributed by atoms with Gasteiger partial charge in [0, 0.05) is 17.9 Å². The summed E-state index contributed by atoms with van der Waals surface area (Å²) in [4.78, 5) is 0. The van der Waals surface area contributed by atoms with E-state index in [1.165, 1.54) is 50.0 Å². The SMILES string of the molecule is CC1CCC(N)(C2CCOC3(CCSC3)C2)CC1C. The standard InChI is InChI=1S/C16H29NOS/c1-12-3-5-16(17,9-13(12)2)14-4-7-18-15(10-14)6-8-19-11-15/h12-14H,3-11,17H2,1-2H3. The molecule has 1 spiro atoms. The summed E-state index contributed by atoms with van der Waals surface area (Å²) in [6.45, 7) is 5.73. The van der Waals surface area contributed by atoms with Crippen LogP contribution in [-0.4, -0.2) is 29.3 Å². The van der Waals surface area contributed by atoms with Gasteiger partial charge in [-0.2, -0.15) is 11.8 Å². The quantitative estimate of drug-likeness (QED) is 0.800. The second-order valence-corrected chi connectivity index (χ2v) is 8.56. The van der Waals surface area contributed by atoms with E-state index in [4.69, 9.17) is 10.5 Å². The zero-order valence-electron chi connectivity index (χ0n) is 12.5. The fourth-order valence-electron chi connectivity index (χ4n) is 4.44. The second kappa shape index (κ2) is 5.23. The maximum Gasteiger partial charge on any atom is 0.0783 e. The van der Waals surface area contributed by atoms with Gasteiger partial charge in [-0.15, -0.1) is 0 Å². The van der Waals surface area contributed by atoms with E-state index < -0.39 is 0 Å². The second-order valence-electron chi connectivity index (χ2n) is 7.45. The predicted molar refractivity (Wildman–Crippen MR) is 82.4 cm³/mol. The van der Waals surface area contributed by atoms with Crippen LogP contribution < -0.4 is 5.73 Å². The van der Waals surface area contributed by atoms with Gasteiger partial charge in [0.15, 0.2) is 0 Å². The van der Waals surface area contributed by atoms with Gasteiger partial charge < -0.3 is 10.5 Å². The third kappa shape index (κ3) is 2.71. The molecule has 0 aromatic carbocycles.